The Bertz CT molecular complexity index is 629. The van der Waals surface area contributed by atoms with E-state index < -0.39 is 0 Å². The fourth-order valence-electron chi connectivity index (χ4n) is 3.08. The van der Waals surface area contributed by atoms with E-state index in [4.69, 9.17) is 0 Å². The lowest BCUT2D eigenvalue weighted by molar-refractivity contribution is -0.126. The summed E-state index contributed by atoms with van der Waals surface area (Å²) in [6.07, 6.45) is 3.75. The molecule has 5 nitrogen and oxygen atoms in total. The van der Waals surface area contributed by atoms with Crippen LogP contribution in [0.25, 0.3) is 0 Å². The number of nitrogens with zero attached hydrogens (tertiary/aromatic N) is 2. The van der Waals surface area contributed by atoms with Crippen LogP contribution in [0, 0.1) is 12.8 Å². The van der Waals surface area contributed by atoms with Gasteiger partial charge in [-0.1, -0.05) is 30.3 Å². The number of hydrogen-bond donors (Lipinski definition) is 2. The highest BCUT2D eigenvalue weighted by atomic mass is 16.1. The number of piperidine rings is 1. The van der Waals surface area contributed by atoms with Gasteiger partial charge < -0.3 is 10.3 Å². The highest BCUT2D eigenvalue weighted by molar-refractivity contribution is 5.78. The number of aromatic amines is 1. The number of likely N-dealkylation sites (tertiary alicyclic amines) is 1. The first-order valence-electron chi connectivity index (χ1n) is 8.25. The van der Waals surface area contributed by atoms with Gasteiger partial charge in [-0.2, -0.15) is 0 Å². The standard InChI is InChI=1S/C18H24N4O/c1-14-19-12-17(21-14)13-22-9-7-16(8-10-22)18(23)20-11-15-5-3-2-4-6-15/h2-6,12,16H,7-11,13H2,1H3,(H,19,21)(H,20,23). The number of carbonyl (C=O) groups excluding carboxylic acids is 1. The third-order valence-electron chi connectivity index (χ3n) is 4.42. The molecule has 0 aliphatic carbocycles. The van der Waals surface area contributed by atoms with Crippen LogP contribution in [0.5, 0.6) is 0 Å². The number of imidazole rings is 1. The maximum atomic E-state index is 12.3. The fraction of sp³-hybridized carbons (Fsp3) is 0.444. The van der Waals surface area contributed by atoms with Gasteiger partial charge in [0.25, 0.3) is 0 Å². The van der Waals surface area contributed by atoms with Crippen molar-refractivity contribution in [2.24, 2.45) is 5.92 Å². The zero-order valence-corrected chi connectivity index (χ0v) is 13.6. The molecule has 5 heteroatoms. The molecule has 1 aliphatic heterocycles. The summed E-state index contributed by atoms with van der Waals surface area (Å²) in [7, 11) is 0. The molecule has 1 saturated heterocycles. The van der Waals surface area contributed by atoms with Crippen molar-refractivity contribution in [3.8, 4) is 0 Å². The lowest BCUT2D eigenvalue weighted by atomic mass is 9.95. The number of nitrogens with one attached hydrogen (secondary N) is 2. The van der Waals surface area contributed by atoms with Crippen molar-refractivity contribution in [2.45, 2.75) is 32.9 Å². The molecule has 1 fully saturated rings. The molecule has 2 heterocycles. The molecule has 23 heavy (non-hydrogen) atoms. The smallest absolute Gasteiger partial charge is 0.223 e. The molecule has 3 rings (SSSR count). The van der Waals surface area contributed by atoms with Crippen molar-refractivity contribution in [2.75, 3.05) is 13.1 Å². The summed E-state index contributed by atoms with van der Waals surface area (Å²) >= 11 is 0. The van der Waals surface area contributed by atoms with Crippen LogP contribution in [-0.2, 0) is 17.9 Å². The Balaban J connectivity index is 1.42. The van der Waals surface area contributed by atoms with Gasteiger partial charge >= 0.3 is 0 Å². The van der Waals surface area contributed by atoms with Crippen LogP contribution >= 0.6 is 0 Å². The highest BCUT2D eigenvalue weighted by Gasteiger charge is 2.24. The molecule has 0 radical (unpaired) electrons. The molecule has 0 saturated carbocycles. The quantitative estimate of drug-likeness (QED) is 0.890. The topological polar surface area (TPSA) is 61.0 Å². The molecule has 2 aromatic rings. The highest BCUT2D eigenvalue weighted by Crippen LogP contribution is 2.19. The molecule has 2 N–H and O–H groups in total. The van der Waals surface area contributed by atoms with Gasteiger partial charge in [0.05, 0.1) is 0 Å². The van der Waals surface area contributed by atoms with Crippen molar-refractivity contribution in [3.05, 3.63) is 53.6 Å². The first-order chi connectivity index (χ1) is 11.2. The number of aromatic nitrogens is 2. The molecule has 1 amide bonds. The zero-order chi connectivity index (χ0) is 16.1. The molecule has 1 aromatic carbocycles. The molecule has 1 aliphatic rings. The Morgan fingerprint density at radius 2 is 2.04 bits per heavy atom. The first kappa shape index (κ1) is 15.7. The van der Waals surface area contributed by atoms with E-state index in [-0.39, 0.29) is 11.8 Å². The van der Waals surface area contributed by atoms with Gasteiger partial charge in [0, 0.05) is 30.9 Å². The molecule has 122 valence electrons. The zero-order valence-electron chi connectivity index (χ0n) is 13.6. The Kier molecular flexibility index (Phi) is 5.08. The van der Waals surface area contributed by atoms with Gasteiger partial charge in [-0.25, -0.2) is 4.98 Å². The van der Waals surface area contributed by atoms with Crippen LogP contribution in [0.3, 0.4) is 0 Å². The van der Waals surface area contributed by atoms with Crippen molar-refractivity contribution in [3.63, 3.8) is 0 Å². The van der Waals surface area contributed by atoms with Crippen LogP contribution in [0.1, 0.15) is 29.9 Å². The predicted molar refractivity (Wildman–Crippen MR) is 89.6 cm³/mol. The van der Waals surface area contributed by atoms with E-state index in [9.17, 15) is 4.79 Å². The average molecular weight is 312 g/mol. The Morgan fingerprint density at radius 3 is 2.70 bits per heavy atom. The molecule has 0 atom stereocenters. The number of aryl methyl sites for hydroxylation is 1. The Morgan fingerprint density at radius 1 is 1.30 bits per heavy atom. The van der Waals surface area contributed by atoms with E-state index in [1.165, 1.54) is 0 Å². The second-order valence-electron chi connectivity index (χ2n) is 6.25. The summed E-state index contributed by atoms with van der Waals surface area (Å²) in [5, 5.41) is 3.06. The molecular formula is C18H24N4O. The van der Waals surface area contributed by atoms with Gasteiger partial charge in [0.15, 0.2) is 0 Å². The molecular weight excluding hydrogens is 288 g/mol. The van der Waals surface area contributed by atoms with Gasteiger partial charge in [-0.3, -0.25) is 9.69 Å². The van der Waals surface area contributed by atoms with Crippen LogP contribution in [0.2, 0.25) is 0 Å². The van der Waals surface area contributed by atoms with Crippen molar-refractivity contribution < 1.29 is 4.79 Å². The average Bonchev–Trinajstić information content (AvgIpc) is 2.99. The Hall–Kier alpha value is -2.14. The van der Waals surface area contributed by atoms with Gasteiger partial charge in [-0.15, -0.1) is 0 Å². The second kappa shape index (κ2) is 7.42. The van der Waals surface area contributed by atoms with E-state index in [1.807, 2.05) is 43.5 Å². The maximum Gasteiger partial charge on any atom is 0.223 e. The number of H-pyrrole nitrogens is 1. The fourth-order valence-corrected chi connectivity index (χ4v) is 3.08. The van der Waals surface area contributed by atoms with Gasteiger partial charge in [0.2, 0.25) is 5.91 Å². The predicted octanol–water partition coefficient (Wildman–Crippen LogP) is 2.25. The number of rotatable bonds is 5. The molecule has 1 aromatic heterocycles. The number of amides is 1. The summed E-state index contributed by atoms with van der Waals surface area (Å²) < 4.78 is 0. The van der Waals surface area contributed by atoms with Crippen molar-refractivity contribution in [1.29, 1.82) is 0 Å². The van der Waals surface area contributed by atoms with Crippen molar-refractivity contribution >= 4 is 5.91 Å². The van der Waals surface area contributed by atoms with E-state index in [0.29, 0.717) is 6.54 Å². The normalized spacial score (nSPS) is 16.4. The van der Waals surface area contributed by atoms with Gasteiger partial charge in [-0.05, 0) is 38.4 Å². The molecule has 0 spiro atoms. The van der Waals surface area contributed by atoms with Crippen LogP contribution < -0.4 is 5.32 Å². The SMILES string of the molecule is Cc1ncc(CN2CCC(C(=O)NCc3ccccc3)CC2)[nH]1. The second-order valence-corrected chi connectivity index (χ2v) is 6.25. The third kappa shape index (κ3) is 4.42. The lowest BCUT2D eigenvalue weighted by Crippen LogP contribution is -2.40. The number of carbonyl (C=O) groups is 1. The minimum absolute atomic E-state index is 0.137. The van der Waals surface area contributed by atoms with E-state index in [2.05, 4.69) is 20.2 Å². The summed E-state index contributed by atoms with van der Waals surface area (Å²) in [4.78, 5) is 22.2. The minimum atomic E-state index is 0.137. The summed E-state index contributed by atoms with van der Waals surface area (Å²) in [6.45, 7) is 5.39. The summed E-state index contributed by atoms with van der Waals surface area (Å²) in [5.74, 6) is 1.28. The monoisotopic (exact) mass is 312 g/mol. The lowest BCUT2D eigenvalue weighted by Gasteiger charge is -2.30. The summed E-state index contributed by atoms with van der Waals surface area (Å²) in [5.41, 5.74) is 2.29. The van der Waals surface area contributed by atoms with E-state index >= 15 is 0 Å². The van der Waals surface area contributed by atoms with E-state index in [0.717, 1.165) is 49.6 Å². The third-order valence-corrected chi connectivity index (χ3v) is 4.42. The number of benzene rings is 1. The minimum Gasteiger partial charge on any atom is -0.352 e. The largest absolute Gasteiger partial charge is 0.352 e. The molecule has 0 unspecified atom stereocenters. The molecule has 0 bridgehead atoms. The van der Waals surface area contributed by atoms with Crippen LogP contribution in [0.4, 0.5) is 0 Å². The van der Waals surface area contributed by atoms with Crippen LogP contribution in [0.15, 0.2) is 36.5 Å². The summed E-state index contributed by atoms with van der Waals surface area (Å²) in [6, 6.07) is 10.1. The van der Waals surface area contributed by atoms with Gasteiger partial charge in [0.1, 0.15) is 5.82 Å². The maximum absolute atomic E-state index is 12.3. The van der Waals surface area contributed by atoms with Crippen LogP contribution in [-0.4, -0.2) is 33.9 Å². The van der Waals surface area contributed by atoms with Crippen molar-refractivity contribution in [1.82, 2.24) is 20.2 Å². The number of hydrogen-bond acceptors (Lipinski definition) is 3. The van der Waals surface area contributed by atoms with E-state index in [1.54, 1.807) is 0 Å². The first-order valence-corrected chi connectivity index (χ1v) is 8.25. The Labute approximate surface area is 137 Å².